The third-order valence-electron chi connectivity index (χ3n) is 3.91. The highest BCUT2D eigenvalue weighted by molar-refractivity contribution is 6.17. The summed E-state index contributed by atoms with van der Waals surface area (Å²) in [5.74, 6) is 1.58. The summed E-state index contributed by atoms with van der Waals surface area (Å²) < 4.78 is 5.60. The van der Waals surface area contributed by atoms with Crippen LogP contribution in [0.5, 0.6) is 0 Å². The lowest BCUT2D eigenvalue weighted by Gasteiger charge is -2.34. The van der Waals surface area contributed by atoms with Crippen LogP contribution < -0.4 is 0 Å². The third-order valence-corrected chi connectivity index (χ3v) is 4.07. The number of amides is 1. The summed E-state index contributed by atoms with van der Waals surface area (Å²) >= 11 is 5.59. The molecule has 0 radical (unpaired) electrons. The summed E-state index contributed by atoms with van der Waals surface area (Å²) in [5.41, 5.74) is 0. The van der Waals surface area contributed by atoms with Gasteiger partial charge >= 0.3 is 0 Å². The number of rotatable bonds is 5. The number of hydrogen-bond acceptors (Lipinski definition) is 2. The van der Waals surface area contributed by atoms with E-state index in [9.17, 15) is 4.79 Å². The molecule has 2 fully saturated rings. The maximum absolute atomic E-state index is 12.0. The number of hydrogen-bond donors (Lipinski definition) is 0. The van der Waals surface area contributed by atoms with E-state index in [0.717, 1.165) is 32.4 Å². The molecule has 0 N–H and O–H groups in total. The second-order valence-corrected chi connectivity index (χ2v) is 5.52. The van der Waals surface area contributed by atoms with Crippen LogP contribution >= 0.6 is 11.6 Å². The predicted octanol–water partition coefficient (Wildman–Crippen LogP) is 2.42. The molecule has 1 aliphatic heterocycles. The first kappa shape index (κ1) is 13.2. The summed E-state index contributed by atoms with van der Waals surface area (Å²) in [5, 5.41) is 0. The van der Waals surface area contributed by atoms with Gasteiger partial charge in [-0.3, -0.25) is 4.79 Å². The van der Waals surface area contributed by atoms with Crippen LogP contribution in [0.2, 0.25) is 0 Å². The molecule has 2 rings (SSSR count). The molecule has 1 heterocycles. The molecule has 2 aliphatic rings. The molecule has 3 nitrogen and oxygen atoms in total. The Balaban J connectivity index is 1.65. The Bertz CT molecular complexity index is 248. The highest BCUT2D eigenvalue weighted by atomic mass is 35.5. The molecule has 0 spiro atoms. The van der Waals surface area contributed by atoms with Crippen LogP contribution in [-0.4, -0.2) is 42.5 Å². The maximum atomic E-state index is 12.0. The van der Waals surface area contributed by atoms with Gasteiger partial charge in [-0.25, -0.2) is 0 Å². The van der Waals surface area contributed by atoms with Crippen molar-refractivity contribution in [3.63, 3.8) is 0 Å². The van der Waals surface area contributed by atoms with E-state index in [1.165, 1.54) is 19.3 Å². The summed E-state index contributed by atoms with van der Waals surface area (Å²) in [6, 6.07) is 0. The Morgan fingerprint density at radius 1 is 1.24 bits per heavy atom. The number of nitrogens with zero attached hydrogens (tertiary/aromatic N) is 1. The molecule has 1 amide bonds. The zero-order chi connectivity index (χ0) is 12.1. The summed E-state index contributed by atoms with van der Waals surface area (Å²) in [6.07, 6.45) is 6.82. The van der Waals surface area contributed by atoms with Gasteiger partial charge < -0.3 is 9.64 Å². The summed E-state index contributed by atoms with van der Waals surface area (Å²) in [4.78, 5) is 14.0. The highest BCUT2D eigenvalue weighted by Crippen LogP contribution is 2.30. The van der Waals surface area contributed by atoms with Crippen molar-refractivity contribution >= 4 is 17.5 Å². The molecular weight excluding hydrogens is 238 g/mol. The van der Waals surface area contributed by atoms with Crippen molar-refractivity contribution in [2.45, 2.75) is 44.6 Å². The molecule has 0 bridgehead atoms. The van der Waals surface area contributed by atoms with E-state index in [2.05, 4.69) is 0 Å². The van der Waals surface area contributed by atoms with E-state index < -0.39 is 0 Å². The largest absolute Gasteiger partial charge is 0.377 e. The number of carbonyl (C=O) groups excluding carboxylic acids is 1. The van der Waals surface area contributed by atoms with Gasteiger partial charge in [0.15, 0.2) is 0 Å². The van der Waals surface area contributed by atoms with E-state index in [1.807, 2.05) is 4.90 Å². The smallest absolute Gasteiger partial charge is 0.222 e. The van der Waals surface area contributed by atoms with Gasteiger partial charge in [0.25, 0.3) is 0 Å². The van der Waals surface area contributed by atoms with Crippen molar-refractivity contribution in [2.75, 3.05) is 25.6 Å². The van der Waals surface area contributed by atoms with Crippen molar-refractivity contribution in [2.24, 2.45) is 5.92 Å². The Hall–Kier alpha value is -0.280. The van der Waals surface area contributed by atoms with Crippen LogP contribution in [0, 0.1) is 5.92 Å². The average Bonchev–Trinajstić information content (AvgIpc) is 2.31. The van der Waals surface area contributed by atoms with Crippen LogP contribution in [0.3, 0.4) is 0 Å². The average molecular weight is 260 g/mol. The molecule has 4 heteroatoms. The number of carbonyl (C=O) groups is 1. The Morgan fingerprint density at radius 2 is 1.94 bits per heavy atom. The fourth-order valence-corrected chi connectivity index (χ4v) is 2.65. The lowest BCUT2D eigenvalue weighted by molar-refractivity contribution is -0.135. The minimum Gasteiger partial charge on any atom is -0.377 e. The standard InChI is InChI=1S/C13H22ClNO2/c14-6-9-17-12-4-7-15(8-5-12)13(16)10-11-2-1-3-11/h11-12H,1-10H2. The van der Waals surface area contributed by atoms with E-state index in [1.54, 1.807) is 0 Å². The molecule has 0 aromatic carbocycles. The van der Waals surface area contributed by atoms with E-state index >= 15 is 0 Å². The second-order valence-electron chi connectivity index (χ2n) is 5.14. The number of ether oxygens (including phenoxy) is 1. The predicted molar refractivity (Wildman–Crippen MR) is 68.2 cm³/mol. The molecule has 98 valence electrons. The van der Waals surface area contributed by atoms with Gasteiger partial charge in [-0.2, -0.15) is 0 Å². The van der Waals surface area contributed by atoms with Gasteiger partial charge in [0.2, 0.25) is 5.91 Å². The molecule has 0 unspecified atom stereocenters. The van der Waals surface area contributed by atoms with Crippen LogP contribution in [0.4, 0.5) is 0 Å². The SMILES string of the molecule is O=C(CC1CCC1)N1CCC(OCCCl)CC1. The zero-order valence-corrected chi connectivity index (χ0v) is 11.1. The summed E-state index contributed by atoms with van der Waals surface area (Å²) in [7, 11) is 0. The number of piperidine rings is 1. The molecule has 0 aromatic heterocycles. The van der Waals surface area contributed by atoms with Crippen LogP contribution in [0.15, 0.2) is 0 Å². The van der Waals surface area contributed by atoms with Crippen molar-refractivity contribution in [3.05, 3.63) is 0 Å². The zero-order valence-electron chi connectivity index (χ0n) is 10.4. The molecule has 1 saturated carbocycles. The number of alkyl halides is 1. The molecule has 0 atom stereocenters. The molecule has 1 saturated heterocycles. The van der Waals surface area contributed by atoms with Crippen LogP contribution in [-0.2, 0) is 9.53 Å². The first-order valence-electron chi connectivity index (χ1n) is 6.75. The fraction of sp³-hybridized carbons (Fsp3) is 0.923. The molecule has 17 heavy (non-hydrogen) atoms. The van der Waals surface area contributed by atoms with E-state index in [0.29, 0.717) is 30.4 Å². The molecule has 1 aliphatic carbocycles. The van der Waals surface area contributed by atoms with Gasteiger partial charge in [0.1, 0.15) is 0 Å². The first-order valence-corrected chi connectivity index (χ1v) is 7.28. The fourth-order valence-electron chi connectivity index (χ4n) is 2.56. The quantitative estimate of drug-likeness (QED) is 0.710. The highest BCUT2D eigenvalue weighted by Gasteiger charge is 2.27. The normalized spacial score (nSPS) is 22.5. The number of likely N-dealkylation sites (tertiary alicyclic amines) is 1. The van der Waals surface area contributed by atoms with Crippen LogP contribution in [0.25, 0.3) is 0 Å². The minimum absolute atomic E-state index is 0.307. The van der Waals surface area contributed by atoms with Crippen molar-refractivity contribution in [1.29, 1.82) is 0 Å². The molecular formula is C13H22ClNO2. The Kier molecular flexibility index (Phi) is 5.11. The summed E-state index contributed by atoms with van der Waals surface area (Å²) in [6.45, 7) is 2.35. The minimum atomic E-state index is 0.307. The number of halogens is 1. The molecule has 0 aromatic rings. The monoisotopic (exact) mass is 259 g/mol. The lowest BCUT2D eigenvalue weighted by Crippen LogP contribution is -2.42. The van der Waals surface area contributed by atoms with Crippen LogP contribution in [0.1, 0.15) is 38.5 Å². The van der Waals surface area contributed by atoms with Gasteiger partial charge in [0, 0.05) is 25.4 Å². The van der Waals surface area contributed by atoms with E-state index in [4.69, 9.17) is 16.3 Å². The first-order chi connectivity index (χ1) is 8.29. The van der Waals surface area contributed by atoms with Gasteiger partial charge in [-0.15, -0.1) is 11.6 Å². The van der Waals surface area contributed by atoms with E-state index in [-0.39, 0.29) is 0 Å². The van der Waals surface area contributed by atoms with Crippen molar-refractivity contribution in [3.8, 4) is 0 Å². The third kappa shape index (κ3) is 3.85. The van der Waals surface area contributed by atoms with Gasteiger partial charge in [0.05, 0.1) is 12.7 Å². The maximum Gasteiger partial charge on any atom is 0.222 e. The van der Waals surface area contributed by atoms with Crippen molar-refractivity contribution in [1.82, 2.24) is 4.90 Å². The lowest BCUT2D eigenvalue weighted by atomic mass is 9.82. The second kappa shape index (κ2) is 6.60. The van der Waals surface area contributed by atoms with Crippen molar-refractivity contribution < 1.29 is 9.53 Å². The Morgan fingerprint density at radius 3 is 2.47 bits per heavy atom. The Labute approximate surface area is 108 Å². The van der Waals surface area contributed by atoms with Gasteiger partial charge in [-0.05, 0) is 31.6 Å². The topological polar surface area (TPSA) is 29.5 Å². The van der Waals surface area contributed by atoms with Gasteiger partial charge in [-0.1, -0.05) is 6.42 Å².